The van der Waals surface area contributed by atoms with Gasteiger partial charge in [0.2, 0.25) is 0 Å². The highest BCUT2D eigenvalue weighted by Crippen LogP contribution is 2.36. The standard InChI is InChI=1S/C30H36NO4S/c1-24-11-13-26(14-12-24)20-31(22-28-8-6-7-25(2)19-28,36(33,34)30-9-4-3-5-10-30)21-27-15-17-29(18-16-27)35-23-32/h3-14,19,23,27,29H,15-18,20-22H2,1-2H3/q+1. The lowest BCUT2D eigenvalue weighted by molar-refractivity contribution is -0.838. The molecule has 0 aliphatic heterocycles. The van der Waals surface area contributed by atoms with E-state index >= 15 is 0 Å². The Kier molecular flexibility index (Phi) is 8.27. The Morgan fingerprint density at radius 1 is 0.806 bits per heavy atom. The third kappa shape index (κ3) is 6.05. The first-order valence-corrected chi connectivity index (χ1v) is 14.1. The SMILES string of the molecule is Cc1ccc(C[N+](Cc2cccc(C)c2)(CC2CCC(OC=O)CC2)S(=O)(=O)c2ccccc2)cc1. The average molecular weight is 507 g/mol. The molecule has 0 saturated heterocycles. The minimum atomic E-state index is -3.76. The van der Waals surface area contributed by atoms with Gasteiger partial charge in [-0.1, -0.05) is 77.9 Å². The molecule has 3 aromatic carbocycles. The van der Waals surface area contributed by atoms with Gasteiger partial charge in [0.25, 0.3) is 6.47 Å². The van der Waals surface area contributed by atoms with Crippen molar-refractivity contribution in [1.29, 1.82) is 0 Å². The molecular weight excluding hydrogens is 470 g/mol. The summed E-state index contributed by atoms with van der Waals surface area (Å²) in [5.74, 6) is 0.213. The number of hydrogen-bond donors (Lipinski definition) is 0. The van der Waals surface area contributed by atoms with Crippen molar-refractivity contribution in [3.8, 4) is 0 Å². The van der Waals surface area contributed by atoms with E-state index in [4.69, 9.17) is 4.74 Å². The molecule has 1 aliphatic carbocycles. The van der Waals surface area contributed by atoms with Crippen LogP contribution in [0.15, 0.2) is 83.8 Å². The van der Waals surface area contributed by atoms with Crippen molar-refractivity contribution < 1.29 is 21.8 Å². The van der Waals surface area contributed by atoms with Crippen LogP contribution in [0.4, 0.5) is 0 Å². The summed E-state index contributed by atoms with van der Waals surface area (Å²) in [6.45, 7) is 5.89. The van der Waals surface area contributed by atoms with E-state index in [0.717, 1.165) is 47.9 Å². The number of aryl methyl sites for hydroxylation is 2. The Labute approximate surface area is 215 Å². The van der Waals surface area contributed by atoms with E-state index < -0.39 is 10.0 Å². The molecule has 0 aromatic heterocycles. The van der Waals surface area contributed by atoms with Crippen LogP contribution >= 0.6 is 0 Å². The Balaban J connectivity index is 1.79. The van der Waals surface area contributed by atoms with Crippen LogP contribution in [0.3, 0.4) is 0 Å². The molecule has 0 bridgehead atoms. The number of rotatable bonds is 10. The molecule has 190 valence electrons. The van der Waals surface area contributed by atoms with Crippen LogP contribution in [0.2, 0.25) is 0 Å². The third-order valence-electron chi connectivity index (χ3n) is 7.33. The highest BCUT2D eigenvalue weighted by atomic mass is 32.2. The average Bonchev–Trinajstić information content (AvgIpc) is 2.87. The van der Waals surface area contributed by atoms with Crippen molar-refractivity contribution in [2.24, 2.45) is 5.92 Å². The lowest BCUT2D eigenvalue weighted by Crippen LogP contribution is -2.54. The van der Waals surface area contributed by atoms with E-state index in [2.05, 4.69) is 6.07 Å². The van der Waals surface area contributed by atoms with Crippen LogP contribution < -0.4 is 0 Å². The zero-order valence-corrected chi connectivity index (χ0v) is 22.0. The van der Waals surface area contributed by atoms with Crippen molar-refractivity contribution in [2.75, 3.05) is 6.54 Å². The fraction of sp³-hybridized carbons (Fsp3) is 0.367. The quantitative estimate of drug-likeness (QED) is 0.252. The second kappa shape index (κ2) is 11.4. The second-order valence-corrected chi connectivity index (χ2v) is 12.4. The number of carbonyl (C=O) groups is 1. The number of carbonyl (C=O) groups excluding carboxylic acids is 1. The molecule has 36 heavy (non-hydrogen) atoms. The first-order chi connectivity index (χ1) is 17.3. The van der Waals surface area contributed by atoms with Crippen molar-refractivity contribution in [2.45, 2.75) is 63.6 Å². The minimum absolute atomic E-state index is 0.0692. The highest BCUT2D eigenvalue weighted by molar-refractivity contribution is 7.86. The Morgan fingerprint density at radius 2 is 1.47 bits per heavy atom. The summed E-state index contributed by atoms with van der Waals surface area (Å²) in [6.07, 6.45) is 3.14. The molecule has 1 unspecified atom stereocenters. The lowest BCUT2D eigenvalue weighted by atomic mass is 9.87. The summed E-state index contributed by atoms with van der Waals surface area (Å²) in [5.41, 5.74) is 4.28. The van der Waals surface area contributed by atoms with E-state index in [9.17, 15) is 13.2 Å². The fourth-order valence-corrected chi connectivity index (χ4v) is 7.43. The summed E-state index contributed by atoms with van der Waals surface area (Å²) < 4.78 is 34.2. The molecule has 6 heteroatoms. The van der Waals surface area contributed by atoms with Crippen LogP contribution in [0.5, 0.6) is 0 Å². The smallest absolute Gasteiger partial charge is 0.327 e. The maximum Gasteiger partial charge on any atom is 0.327 e. The Morgan fingerprint density at radius 3 is 2.11 bits per heavy atom. The van der Waals surface area contributed by atoms with Crippen molar-refractivity contribution in [1.82, 2.24) is 0 Å². The molecule has 1 saturated carbocycles. The van der Waals surface area contributed by atoms with E-state index in [1.54, 1.807) is 24.3 Å². The van der Waals surface area contributed by atoms with Gasteiger partial charge in [0, 0.05) is 17.0 Å². The third-order valence-corrected chi connectivity index (χ3v) is 9.62. The van der Waals surface area contributed by atoms with E-state index in [0.29, 0.717) is 31.0 Å². The summed E-state index contributed by atoms with van der Waals surface area (Å²) in [7, 11) is -3.76. The lowest BCUT2D eigenvalue weighted by Gasteiger charge is -2.41. The van der Waals surface area contributed by atoms with Crippen molar-refractivity contribution >= 4 is 16.5 Å². The molecule has 0 amide bonds. The van der Waals surface area contributed by atoms with Crippen LogP contribution in [-0.2, 0) is 32.6 Å². The molecule has 5 nitrogen and oxygen atoms in total. The van der Waals surface area contributed by atoms with E-state index in [-0.39, 0.29) is 15.9 Å². The molecule has 1 atom stereocenters. The number of nitrogens with zero attached hydrogens (tertiary/aromatic N) is 1. The van der Waals surface area contributed by atoms with Gasteiger partial charge in [-0.15, -0.1) is 0 Å². The van der Waals surface area contributed by atoms with Gasteiger partial charge in [-0.3, -0.25) is 4.79 Å². The molecular formula is C30H36NO4S+. The van der Waals surface area contributed by atoms with E-state index in [1.807, 2.05) is 62.4 Å². The molecule has 0 heterocycles. The maximum absolute atomic E-state index is 14.6. The molecule has 0 N–H and O–H groups in total. The monoisotopic (exact) mass is 506 g/mol. The van der Waals surface area contributed by atoms with Crippen LogP contribution in [0, 0.1) is 19.8 Å². The number of benzene rings is 3. The van der Waals surface area contributed by atoms with Crippen LogP contribution in [-0.4, -0.2) is 31.4 Å². The number of ether oxygens (including phenoxy) is 1. The molecule has 0 radical (unpaired) electrons. The fourth-order valence-electron chi connectivity index (χ4n) is 5.44. The van der Waals surface area contributed by atoms with Gasteiger partial charge in [0.1, 0.15) is 24.1 Å². The molecule has 1 fully saturated rings. The van der Waals surface area contributed by atoms with E-state index in [1.165, 1.54) is 0 Å². The van der Waals surface area contributed by atoms with Gasteiger partial charge in [-0.05, 0) is 51.7 Å². The second-order valence-electron chi connectivity index (χ2n) is 10.2. The summed E-state index contributed by atoms with van der Waals surface area (Å²) in [4.78, 5) is 11.2. The minimum Gasteiger partial charge on any atom is -0.465 e. The maximum atomic E-state index is 14.6. The summed E-state index contributed by atoms with van der Waals surface area (Å²) >= 11 is 0. The van der Waals surface area contributed by atoms with Gasteiger partial charge in [0.05, 0.1) is 6.54 Å². The number of hydrogen-bond acceptors (Lipinski definition) is 4. The van der Waals surface area contributed by atoms with Crippen LogP contribution in [0.1, 0.15) is 47.9 Å². The predicted molar refractivity (Wildman–Crippen MR) is 141 cm³/mol. The van der Waals surface area contributed by atoms with Gasteiger partial charge in [-0.25, -0.2) is 3.89 Å². The first-order valence-electron chi connectivity index (χ1n) is 12.7. The highest BCUT2D eigenvalue weighted by Gasteiger charge is 2.45. The van der Waals surface area contributed by atoms with Gasteiger partial charge in [-0.2, -0.15) is 8.42 Å². The number of sulfonamides is 1. The molecule has 0 spiro atoms. The topological polar surface area (TPSA) is 60.4 Å². The zero-order valence-electron chi connectivity index (χ0n) is 21.2. The first kappa shape index (κ1) is 26.1. The van der Waals surface area contributed by atoms with Gasteiger partial charge < -0.3 is 4.74 Å². The molecule has 1 aliphatic rings. The summed E-state index contributed by atoms with van der Waals surface area (Å²) in [6, 6.07) is 25.2. The largest absolute Gasteiger partial charge is 0.465 e. The normalized spacial score (nSPS) is 19.8. The van der Waals surface area contributed by atoms with Gasteiger partial charge in [0.15, 0.2) is 0 Å². The molecule has 4 rings (SSSR count). The summed E-state index contributed by atoms with van der Waals surface area (Å²) in [5, 5.41) is 0. The zero-order chi connectivity index (χ0) is 25.6. The predicted octanol–water partition coefficient (Wildman–Crippen LogP) is 5.94. The molecule has 3 aromatic rings. The van der Waals surface area contributed by atoms with Crippen molar-refractivity contribution in [3.63, 3.8) is 0 Å². The van der Waals surface area contributed by atoms with Gasteiger partial charge >= 0.3 is 10.0 Å². The Hall–Kier alpha value is -2.96. The van der Waals surface area contributed by atoms with Crippen molar-refractivity contribution in [3.05, 3.63) is 101 Å². The number of quaternary nitrogens is 1. The Bertz CT molecular complexity index is 1250. The van der Waals surface area contributed by atoms with Crippen LogP contribution in [0.25, 0.3) is 0 Å².